The summed E-state index contributed by atoms with van der Waals surface area (Å²) in [7, 11) is 0.0294. The molecule has 22 nitrogen and oxygen atoms in total. The van der Waals surface area contributed by atoms with Gasteiger partial charge in [0.15, 0.2) is 0 Å². The van der Waals surface area contributed by atoms with E-state index in [0.29, 0.717) is 23.5 Å². The number of hydrogen-bond donors (Lipinski definition) is 9. The number of anilines is 3. The van der Waals surface area contributed by atoms with Crippen LogP contribution in [-0.2, 0) is 48.3 Å². The van der Waals surface area contributed by atoms with Gasteiger partial charge in [0, 0.05) is 75.9 Å². The number of aliphatic carboxylic acids is 2. The van der Waals surface area contributed by atoms with Crippen molar-refractivity contribution in [1.29, 1.82) is 0 Å². The van der Waals surface area contributed by atoms with Crippen molar-refractivity contribution in [1.82, 2.24) is 25.8 Å². The monoisotopic (exact) mass is 895 g/mol. The lowest BCUT2D eigenvalue weighted by molar-refractivity contribution is -0.154. The van der Waals surface area contributed by atoms with E-state index in [9.17, 15) is 57.0 Å². The molecule has 0 radical (unpaired) electrons. The number of carboxylic acid groups (broad SMARTS) is 2. The number of thioether (sulfide) groups is 1. The third-order valence-electron chi connectivity index (χ3n) is 8.73. The molecule has 0 heterocycles. The second-order valence-electron chi connectivity index (χ2n) is 13.3. The quantitative estimate of drug-likeness (QED) is 0.0557. The molecule has 0 bridgehead atoms. The number of hydrogen-bond acceptors (Lipinski definition) is 13. The van der Waals surface area contributed by atoms with E-state index in [4.69, 9.17) is 9.88 Å². The highest BCUT2D eigenvalue weighted by Crippen LogP contribution is 2.18. The van der Waals surface area contributed by atoms with E-state index < -0.39 is 82.1 Å². The summed E-state index contributed by atoms with van der Waals surface area (Å²) in [5.41, 5.74) is 1.02. The summed E-state index contributed by atoms with van der Waals surface area (Å²) in [6, 6.07) is 7.10. The Hall–Kier alpha value is -5.82. The van der Waals surface area contributed by atoms with E-state index in [2.05, 4.69) is 31.9 Å². The Morgan fingerprint density at radius 3 is 1.95 bits per heavy atom. The molecule has 1 unspecified atom stereocenters. The highest BCUT2D eigenvalue weighted by atomic mass is 32.2. The Bertz CT molecular complexity index is 1970. The van der Waals surface area contributed by atoms with E-state index in [1.165, 1.54) is 63.2 Å². The minimum atomic E-state index is -3.88. The molecule has 2 aromatic carbocycles. The second kappa shape index (κ2) is 25.7. The van der Waals surface area contributed by atoms with E-state index >= 15 is 0 Å². The summed E-state index contributed by atoms with van der Waals surface area (Å²) in [5.74, 6) is -5.42. The third kappa shape index (κ3) is 18.5. The minimum absolute atomic E-state index is 0.0326. The van der Waals surface area contributed by atoms with Crippen LogP contribution in [0.15, 0.2) is 53.4 Å². The molecular formula is C37H53N9O13S2. The zero-order chi connectivity index (χ0) is 45.7. The average Bonchev–Trinajstić information content (AvgIpc) is 3.19. The fraction of sp³-hybridized carbons (Fsp3) is 0.459. The SMILES string of the molecule is CNC(CNC(=O)CCCOCCNC(=O)CCC(=O)Nc1cccc(NC(=O)Nc2ccc(S(N)(=O)=O)cc2)c1)C(=O)N(C)[C@@H](CC(=O)O)C(=O)N(C)[C@@H](CSC)C(=O)O. The van der Waals surface area contributed by atoms with Crippen LogP contribution in [0.5, 0.6) is 0 Å². The fourth-order valence-corrected chi connectivity index (χ4v) is 6.60. The van der Waals surface area contributed by atoms with Gasteiger partial charge in [0.25, 0.3) is 0 Å². The van der Waals surface area contributed by atoms with Crippen LogP contribution < -0.4 is 37.0 Å². The van der Waals surface area contributed by atoms with Crippen LogP contribution in [0.4, 0.5) is 21.9 Å². The molecule has 61 heavy (non-hydrogen) atoms. The van der Waals surface area contributed by atoms with Crippen molar-refractivity contribution in [3.05, 3.63) is 48.5 Å². The molecule has 0 fully saturated rings. The molecular weight excluding hydrogens is 843 g/mol. The van der Waals surface area contributed by atoms with Gasteiger partial charge in [0.2, 0.25) is 39.6 Å². The number of sulfonamides is 1. The van der Waals surface area contributed by atoms with Gasteiger partial charge in [-0.2, -0.15) is 11.8 Å². The van der Waals surface area contributed by atoms with Crippen LogP contribution in [0, 0.1) is 0 Å². The molecule has 0 saturated heterocycles. The number of benzene rings is 2. The van der Waals surface area contributed by atoms with E-state index in [-0.39, 0.29) is 56.2 Å². The standard InChI is InChI=1S/C37H53N9O13S2/c1-39-27(34(52)45(2)28(20-33(50)51)35(53)46(3)29(22-60-4)36(54)55)21-41-30(47)9-6-17-59-18-16-40-31(48)14-15-32(49)42-24-7-5-8-25(19-24)44-37(56)43-23-10-12-26(13-11-23)61(38,57)58/h5,7-8,10-13,19,27-29,39H,6,9,14-18,20-22H2,1-4H3,(H,40,48)(H,41,47)(H,42,49)(H,50,51)(H,54,55)(H2,38,57,58)(H2,43,44,56)/t27?,28-,29-/m0/s1. The first-order chi connectivity index (χ1) is 28.8. The van der Waals surface area contributed by atoms with Crippen LogP contribution >= 0.6 is 11.8 Å². The maximum absolute atomic E-state index is 13.3. The van der Waals surface area contributed by atoms with Crippen LogP contribution in [-0.4, -0.2) is 154 Å². The molecule has 0 aromatic heterocycles. The number of nitrogens with two attached hydrogens (primary N) is 1. The maximum atomic E-state index is 13.3. The van der Waals surface area contributed by atoms with E-state index in [0.717, 1.165) is 9.80 Å². The third-order valence-corrected chi connectivity index (χ3v) is 10.3. The predicted molar refractivity (Wildman–Crippen MR) is 225 cm³/mol. The molecule has 0 aliphatic heterocycles. The van der Waals surface area contributed by atoms with Gasteiger partial charge in [-0.15, -0.1) is 0 Å². The largest absolute Gasteiger partial charge is 0.481 e. The Morgan fingerprint density at radius 1 is 0.770 bits per heavy atom. The molecule has 0 saturated carbocycles. The Kier molecular flexibility index (Phi) is 21.6. The van der Waals surface area contributed by atoms with Crippen LogP contribution in [0.1, 0.15) is 32.1 Å². The van der Waals surface area contributed by atoms with Crippen LogP contribution in [0.3, 0.4) is 0 Å². The molecule has 2 rings (SSSR count). The van der Waals surface area contributed by atoms with Gasteiger partial charge in [-0.3, -0.25) is 28.8 Å². The number of carboxylic acids is 2. The minimum Gasteiger partial charge on any atom is -0.481 e. The highest BCUT2D eigenvalue weighted by molar-refractivity contribution is 7.98. The highest BCUT2D eigenvalue weighted by Gasteiger charge is 2.37. The summed E-state index contributed by atoms with van der Waals surface area (Å²) >= 11 is 1.18. The van der Waals surface area contributed by atoms with Crippen molar-refractivity contribution >= 4 is 86.4 Å². The van der Waals surface area contributed by atoms with Crippen molar-refractivity contribution in [3.63, 3.8) is 0 Å². The summed E-state index contributed by atoms with van der Waals surface area (Å²) in [6.07, 6.45) is 0.982. The van der Waals surface area contributed by atoms with Crippen molar-refractivity contribution in [2.24, 2.45) is 5.14 Å². The predicted octanol–water partition coefficient (Wildman–Crippen LogP) is -0.110. The Morgan fingerprint density at radius 2 is 1.36 bits per heavy atom. The van der Waals surface area contributed by atoms with Crippen molar-refractivity contribution < 1.29 is 61.7 Å². The van der Waals surface area contributed by atoms with Crippen molar-refractivity contribution in [2.75, 3.05) is 75.4 Å². The first kappa shape index (κ1) is 51.3. The van der Waals surface area contributed by atoms with E-state index in [1.54, 1.807) is 24.5 Å². The topological polar surface area (TPSA) is 325 Å². The summed E-state index contributed by atoms with van der Waals surface area (Å²) in [5, 5.41) is 39.8. The Labute approximate surface area is 357 Å². The van der Waals surface area contributed by atoms with Gasteiger partial charge in [0.05, 0.1) is 17.9 Å². The van der Waals surface area contributed by atoms with Gasteiger partial charge >= 0.3 is 18.0 Å². The molecule has 0 aliphatic carbocycles. The number of urea groups is 1. The van der Waals surface area contributed by atoms with Crippen LogP contribution in [0.25, 0.3) is 0 Å². The number of nitrogens with zero attached hydrogens (tertiary/aromatic N) is 2. The smallest absolute Gasteiger partial charge is 0.327 e. The zero-order valence-electron chi connectivity index (χ0n) is 34.1. The Balaban J connectivity index is 1.68. The van der Waals surface area contributed by atoms with Gasteiger partial charge in [-0.05, 0) is 62.2 Å². The zero-order valence-corrected chi connectivity index (χ0v) is 35.7. The second-order valence-corrected chi connectivity index (χ2v) is 15.8. The van der Waals surface area contributed by atoms with Crippen molar-refractivity contribution in [3.8, 4) is 0 Å². The number of ether oxygens (including phenoxy) is 1. The van der Waals surface area contributed by atoms with Gasteiger partial charge in [-0.1, -0.05) is 6.07 Å². The van der Waals surface area contributed by atoms with Crippen LogP contribution in [0.2, 0.25) is 0 Å². The average molecular weight is 896 g/mol. The number of carbonyl (C=O) groups is 8. The molecule has 7 amide bonds. The lowest BCUT2D eigenvalue weighted by Crippen LogP contribution is -2.58. The summed E-state index contributed by atoms with van der Waals surface area (Å²) in [4.78, 5) is 101. The number of primary sulfonamides is 1. The molecule has 10 N–H and O–H groups in total. The fourth-order valence-electron chi connectivity index (χ4n) is 5.40. The molecule has 0 spiro atoms. The molecule has 2 aromatic rings. The number of nitrogens with one attached hydrogen (secondary N) is 6. The van der Waals surface area contributed by atoms with E-state index in [1.807, 2.05) is 0 Å². The molecule has 0 aliphatic rings. The summed E-state index contributed by atoms with van der Waals surface area (Å²) < 4.78 is 28.3. The van der Waals surface area contributed by atoms with Gasteiger partial charge in [-0.25, -0.2) is 23.1 Å². The molecule has 3 atom stereocenters. The first-order valence-electron chi connectivity index (χ1n) is 18.6. The lowest BCUT2D eigenvalue weighted by Gasteiger charge is -2.34. The van der Waals surface area contributed by atoms with Crippen molar-refractivity contribution in [2.45, 2.75) is 55.1 Å². The lowest BCUT2D eigenvalue weighted by atomic mass is 10.1. The molecule has 24 heteroatoms. The summed E-state index contributed by atoms with van der Waals surface area (Å²) in [6.45, 7) is 0.263. The molecule has 336 valence electrons. The number of amides is 7. The normalized spacial score (nSPS) is 12.5. The number of carbonyl (C=O) groups excluding carboxylic acids is 6. The van der Waals surface area contributed by atoms with Gasteiger partial charge < -0.3 is 56.7 Å². The van der Waals surface area contributed by atoms with Gasteiger partial charge in [0.1, 0.15) is 18.1 Å². The number of likely N-dealkylation sites (N-methyl/N-ethyl adjacent to an activating group) is 3. The first-order valence-corrected chi connectivity index (χ1v) is 21.6. The maximum Gasteiger partial charge on any atom is 0.327 e. The number of rotatable bonds is 26.